The lowest BCUT2D eigenvalue weighted by molar-refractivity contribution is 0.0690. The van der Waals surface area contributed by atoms with E-state index in [4.69, 9.17) is 5.11 Å². The summed E-state index contributed by atoms with van der Waals surface area (Å²) in [6.45, 7) is 0.884. The minimum absolute atomic E-state index is 0.00431. The largest absolute Gasteiger partial charge is 0.477 e. The van der Waals surface area contributed by atoms with Gasteiger partial charge in [0.2, 0.25) is 0 Å². The molecule has 17 heavy (non-hydrogen) atoms. The summed E-state index contributed by atoms with van der Waals surface area (Å²) in [5.74, 6) is -0.395. The van der Waals surface area contributed by atoms with Crippen LogP contribution in [0.4, 0.5) is 5.82 Å². The van der Waals surface area contributed by atoms with Gasteiger partial charge >= 0.3 is 5.97 Å². The molecule has 2 rings (SSSR count). The Balaban J connectivity index is 2.11. The molecule has 0 radical (unpaired) electrons. The number of hydrogen-bond donors (Lipinski definition) is 2. The molecule has 0 aliphatic heterocycles. The van der Waals surface area contributed by atoms with Crippen LogP contribution in [0.3, 0.4) is 0 Å². The highest BCUT2D eigenvalue weighted by Crippen LogP contribution is 2.45. The number of anilines is 1. The third kappa shape index (κ3) is 2.55. The van der Waals surface area contributed by atoms with Gasteiger partial charge in [-0.05, 0) is 25.0 Å². The molecule has 0 spiro atoms. The quantitative estimate of drug-likeness (QED) is 0.797. The van der Waals surface area contributed by atoms with Crippen molar-refractivity contribution in [2.45, 2.75) is 12.8 Å². The van der Waals surface area contributed by atoms with Crippen LogP contribution in [0.1, 0.15) is 23.3 Å². The third-order valence-electron chi connectivity index (χ3n) is 3.21. The molecule has 0 atom stereocenters. The van der Waals surface area contributed by atoms with Crippen molar-refractivity contribution in [1.29, 1.82) is 0 Å². The fourth-order valence-electron chi connectivity index (χ4n) is 1.88. The molecule has 1 fully saturated rings. The second-order valence-corrected chi connectivity index (χ2v) is 4.70. The zero-order valence-corrected chi connectivity index (χ0v) is 9.76. The van der Waals surface area contributed by atoms with Gasteiger partial charge in [0.1, 0.15) is 5.82 Å². The molecule has 92 valence electrons. The van der Waals surface area contributed by atoms with Gasteiger partial charge in [-0.2, -0.15) is 0 Å². The maximum absolute atomic E-state index is 10.8. The summed E-state index contributed by atoms with van der Waals surface area (Å²) >= 11 is 0. The predicted octanol–water partition coefficient (Wildman–Crippen LogP) is 0.988. The van der Waals surface area contributed by atoms with Gasteiger partial charge in [0.25, 0.3) is 0 Å². The molecule has 5 heteroatoms. The molecule has 0 amide bonds. The number of aromatic nitrogens is 1. The number of carboxylic acid groups (broad SMARTS) is 1. The van der Waals surface area contributed by atoms with Crippen molar-refractivity contribution in [1.82, 2.24) is 4.98 Å². The number of hydrogen-bond acceptors (Lipinski definition) is 4. The second-order valence-electron chi connectivity index (χ2n) is 4.70. The number of aliphatic hydroxyl groups excluding tert-OH is 1. The highest BCUT2D eigenvalue weighted by atomic mass is 16.4. The minimum Gasteiger partial charge on any atom is -0.477 e. The standard InChI is InChI=1S/C12H16N2O3/c1-14(7-12(8-15)5-6-12)10-4-2-3-9(13-10)11(16)17/h2-4,15H,5-8H2,1H3,(H,16,17). The molecule has 0 bridgehead atoms. The Labute approximate surface area is 99.7 Å². The molecule has 0 unspecified atom stereocenters. The van der Waals surface area contributed by atoms with Crippen molar-refractivity contribution in [3.63, 3.8) is 0 Å². The average Bonchev–Trinajstić information content (AvgIpc) is 3.09. The van der Waals surface area contributed by atoms with Crippen molar-refractivity contribution >= 4 is 11.8 Å². The highest BCUT2D eigenvalue weighted by molar-refractivity contribution is 5.85. The van der Waals surface area contributed by atoms with E-state index < -0.39 is 5.97 Å². The van der Waals surface area contributed by atoms with E-state index >= 15 is 0 Å². The molecule has 1 aliphatic rings. The lowest BCUT2D eigenvalue weighted by Gasteiger charge is -2.23. The van der Waals surface area contributed by atoms with E-state index in [0.717, 1.165) is 12.8 Å². The fourth-order valence-corrected chi connectivity index (χ4v) is 1.88. The summed E-state index contributed by atoms with van der Waals surface area (Å²) in [6.07, 6.45) is 2.04. The lowest BCUT2D eigenvalue weighted by Crippen LogP contribution is -2.29. The summed E-state index contributed by atoms with van der Waals surface area (Å²) < 4.78 is 0. The molecule has 1 saturated carbocycles. The number of carbonyl (C=O) groups is 1. The average molecular weight is 236 g/mol. The summed E-state index contributed by atoms with van der Waals surface area (Å²) in [6, 6.07) is 4.93. The van der Waals surface area contributed by atoms with Crippen molar-refractivity contribution in [2.24, 2.45) is 5.41 Å². The summed E-state index contributed by atoms with van der Waals surface area (Å²) in [4.78, 5) is 16.8. The Kier molecular flexibility index (Phi) is 3.02. The Hall–Kier alpha value is -1.62. The highest BCUT2D eigenvalue weighted by Gasteiger charge is 2.43. The van der Waals surface area contributed by atoms with Crippen molar-refractivity contribution in [3.05, 3.63) is 23.9 Å². The van der Waals surface area contributed by atoms with Crippen LogP contribution in [-0.4, -0.2) is 41.4 Å². The zero-order valence-electron chi connectivity index (χ0n) is 9.76. The smallest absolute Gasteiger partial charge is 0.354 e. The van der Waals surface area contributed by atoms with Gasteiger partial charge in [-0.1, -0.05) is 6.07 Å². The number of carboxylic acids is 1. The van der Waals surface area contributed by atoms with E-state index in [1.54, 1.807) is 12.1 Å². The molecule has 2 N–H and O–H groups in total. The SMILES string of the molecule is CN(CC1(CO)CC1)c1cccc(C(=O)O)n1. The van der Waals surface area contributed by atoms with Crippen molar-refractivity contribution < 1.29 is 15.0 Å². The fraction of sp³-hybridized carbons (Fsp3) is 0.500. The van der Waals surface area contributed by atoms with E-state index in [9.17, 15) is 9.90 Å². The van der Waals surface area contributed by atoms with Gasteiger partial charge in [0, 0.05) is 19.0 Å². The Bertz CT molecular complexity index is 430. The van der Waals surface area contributed by atoms with Gasteiger partial charge in [-0.25, -0.2) is 9.78 Å². The van der Waals surface area contributed by atoms with Gasteiger partial charge in [0.15, 0.2) is 5.69 Å². The Morgan fingerprint density at radius 1 is 1.53 bits per heavy atom. The summed E-state index contributed by atoms with van der Waals surface area (Å²) in [5.41, 5.74) is 0.0403. The number of aliphatic hydroxyl groups is 1. The van der Waals surface area contributed by atoms with Crippen LogP contribution in [0.5, 0.6) is 0 Å². The van der Waals surface area contributed by atoms with Gasteiger partial charge < -0.3 is 15.1 Å². The van der Waals surface area contributed by atoms with E-state index in [1.165, 1.54) is 6.07 Å². The van der Waals surface area contributed by atoms with Crippen LogP contribution >= 0.6 is 0 Å². The Morgan fingerprint density at radius 3 is 2.76 bits per heavy atom. The molecular formula is C12H16N2O3. The van der Waals surface area contributed by atoms with Crippen LogP contribution in [0.2, 0.25) is 0 Å². The summed E-state index contributed by atoms with van der Waals surface area (Å²) in [7, 11) is 1.86. The maximum Gasteiger partial charge on any atom is 0.354 e. The molecule has 0 saturated heterocycles. The van der Waals surface area contributed by atoms with E-state index in [-0.39, 0.29) is 17.7 Å². The monoisotopic (exact) mass is 236 g/mol. The maximum atomic E-state index is 10.8. The van der Waals surface area contributed by atoms with Crippen LogP contribution < -0.4 is 4.90 Å². The van der Waals surface area contributed by atoms with Crippen LogP contribution in [0, 0.1) is 5.41 Å². The van der Waals surface area contributed by atoms with Crippen LogP contribution in [0.15, 0.2) is 18.2 Å². The molecule has 1 aromatic heterocycles. The molecule has 1 heterocycles. The molecule has 5 nitrogen and oxygen atoms in total. The van der Waals surface area contributed by atoms with Gasteiger partial charge in [-0.3, -0.25) is 0 Å². The normalized spacial score (nSPS) is 16.6. The predicted molar refractivity (Wildman–Crippen MR) is 63.2 cm³/mol. The second kappa shape index (κ2) is 4.33. The van der Waals surface area contributed by atoms with Gasteiger partial charge in [0.05, 0.1) is 6.61 Å². The first kappa shape index (κ1) is 11.9. The molecular weight excluding hydrogens is 220 g/mol. The van der Waals surface area contributed by atoms with Crippen LogP contribution in [-0.2, 0) is 0 Å². The molecule has 1 aliphatic carbocycles. The van der Waals surface area contributed by atoms with Crippen LogP contribution in [0.25, 0.3) is 0 Å². The number of aromatic carboxylic acids is 1. The number of nitrogens with zero attached hydrogens (tertiary/aromatic N) is 2. The van der Waals surface area contributed by atoms with E-state index in [2.05, 4.69) is 4.98 Å². The molecule has 0 aromatic carbocycles. The lowest BCUT2D eigenvalue weighted by atomic mass is 10.1. The number of pyridine rings is 1. The first-order valence-corrected chi connectivity index (χ1v) is 5.59. The zero-order chi connectivity index (χ0) is 12.5. The third-order valence-corrected chi connectivity index (χ3v) is 3.21. The number of rotatable bonds is 5. The van der Waals surface area contributed by atoms with E-state index in [1.807, 2.05) is 11.9 Å². The van der Waals surface area contributed by atoms with E-state index in [0.29, 0.717) is 12.4 Å². The summed E-state index contributed by atoms with van der Waals surface area (Å²) in [5, 5.41) is 18.1. The van der Waals surface area contributed by atoms with Crippen molar-refractivity contribution in [3.8, 4) is 0 Å². The first-order valence-electron chi connectivity index (χ1n) is 5.59. The van der Waals surface area contributed by atoms with Crippen molar-refractivity contribution in [2.75, 3.05) is 25.1 Å². The molecule has 1 aromatic rings. The first-order chi connectivity index (χ1) is 8.06. The van der Waals surface area contributed by atoms with Gasteiger partial charge in [-0.15, -0.1) is 0 Å². The topological polar surface area (TPSA) is 73.7 Å². The minimum atomic E-state index is -1.02. The Morgan fingerprint density at radius 2 is 2.24 bits per heavy atom.